The van der Waals surface area contributed by atoms with Crippen LogP contribution in [0.2, 0.25) is 0 Å². The number of hydrogen-bond acceptors (Lipinski definition) is 4. The van der Waals surface area contributed by atoms with Gasteiger partial charge in [0, 0.05) is 0 Å². The lowest BCUT2D eigenvalue weighted by Gasteiger charge is -2.23. The lowest BCUT2D eigenvalue weighted by molar-refractivity contribution is -0.164. The number of rotatable bonds is 5. The Bertz CT molecular complexity index is 215. The van der Waals surface area contributed by atoms with E-state index < -0.39 is 5.60 Å². The van der Waals surface area contributed by atoms with Crippen LogP contribution in [-0.2, 0) is 19.1 Å². The SMILES string of the molecule is CC(C)(COC(=O)CI)OC(=O)CI. The third-order valence-electron chi connectivity index (χ3n) is 1.19. The zero-order chi connectivity index (χ0) is 11.2. The van der Waals surface area contributed by atoms with Crippen LogP contribution in [0.3, 0.4) is 0 Å². The fourth-order valence-corrected chi connectivity index (χ4v) is 1.03. The van der Waals surface area contributed by atoms with Crippen LogP contribution in [0.4, 0.5) is 0 Å². The molecule has 0 aliphatic rings. The quantitative estimate of drug-likeness (QED) is 0.382. The molecule has 0 aromatic carbocycles. The molecule has 6 heteroatoms. The molecule has 4 nitrogen and oxygen atoms in total. The molecule has 0 atom stereocenters. The highest BCUT2D eigenvalue weighted by Gasteiger charge is 2.24. The first kappa shape index (κ1) is 14.4. The van der Waals surface area contributed by atoms with Gasteiger partial charge in [-0.25, -0.2) is 0 Å². The van der Waals surface area contributed by atoms with Crippen molar-refractivity contribution < 1.29 is 19.1 Å². The summed E-state index contributed by atoms with van der Waals surface area (Å²) in [5.41, 5.74) is -0.746. The molecule has 0 unspecified atom stereocenters. The minimum Gasteiger partial charge on any atom is -0.461 e. The van der Waals surface area contributed by atoms with Crippen molar-refractivity contribution in [3.63, 3.8) is 0 Å². The van der Waals surface area contributed by atoms with Crippen molar-refractivity contribution >= 4 is 57.1 Å². The molecule has 0 bridgehead atoms. The van der Waals surface area contributed by atoms with E-state index in [1.54, 1.807) is 13.8 Å². The van der Waals surface area contributed by atoms with Gasteiger partial charge < -0.3 is 9.47 Å². The Labute approximate surface area is 110 Å². The molecular weight excluding hydrogens is 414 g/mol. The van der Waals surface area contributed by atoms with E-state index >= 15 is 0 Å². The van der Waals surface area contributed by atoms with Gasteiger partial charge in [-0.1, -0.05) is 45.2 Å². The molecule has 0 amide bonds. The number of esters is 2. The van der Waals surface area contributed by atoms with Crippen molar-refractivity contribution in [1.82, 2.24) is 0 Å². The van der Waals surface area contributed by atoms with Gasteiger partial charge in [-0.15, -0.1) is 0 Å². The third kappa shape index (κ3) is 6.80. The molecular formula is C8H12I2O4. The van der Waals surface area contributed by atoms with Crippen LogP contribution in [0.25, 0.3) is 0 Å². The van der Waals surface area contributed by atoms with Gasteiger partial charge in [0.2, 0.25) is 0 Å². The van der Waals surface area contributed by atoms with Crippen LogP contribution >= 0.6 is 45.2 Å². The van der Waals surface area contributed by atoms with Crippen LogP contribution in [0, 0.1) is 0 Å². The zero-order valence-electron chi connectivity index (χ0n) is 8.01. The smallest absolute Gasteiger partial charge is 0.316 e. The van der Waals surface area contributed by atoms with Gasteiger partial charge in [-0.3, -0.25) is 9.59 Å². The lowest BCUT2D eigenvalue weighted by Crippen LogP contribution is -2.35. The Morgan fingerprint density at radius 2 is 1.64 bits per heavy atom. The maximum absolute atomic E-state index is 11.0. The van der Waals surface area contributed by atoms with Gasteiger partial charge in [-0.05, 0) is 13.8 Å². The maximum Gasteiger partial charge on any atom is 0.316 e. The monoisotopic (exact) mass is 426 g/mol. The molecule has 0 saturated carbocycles. The van der Waals surface area contributed by atoms with E-state index in [-0.39, 0.29) is 18.5 Å². The standard InChI is InChI=1S/C8H12I2O4/c1-8(2,14-7(12)4-10)5-13-6(11)3-9/h3-5H2,1-2H3. The van der Waals surface area contributed by atoms with Crippen molar-refractivity contribution in [3.05, 3.63) is 0 Å². The minimum atomic E-state index is -0.746. The summed E-state index contributed by atoms with van der Waals surface area (Å²) >= 11 is 3.83. The Morgan fingerprint density at radius 3 is 2.07 bits per heavy atom. The van der Waals surface area contributed by atoms with E-state index in [1.807, 2.05) is 45.2 Å². The Morgan fingerprint density at radius 1 is 1.14 bits per heavy atom. The van der Waals surface area contributed by atoms with Crippen molar-refractivity contribution in [2.45, 2.75) is 19.4 Å². The first-order valence-electron chi connectivity index (χ1n) is 3.90. The molecule has 14 heavy (non-hydrogen) atoms. The van der Waals surface area contributed by atoms with Gasteiger partial charge in [-0.2, -0.15) is 0 Å². The molecule has 0 aliphatic carbocycles. The van der Waals surface area contributed by atoms with E-state index in [4.69, 9.17) is 9.47 Å². The molecule has 0 heterocycles. The van der Waals surface area contributed by atoms with Gasteiger partial charge in [0.25, 0.3) is 0 Å². The van der Waals surface area contributed by atoms with Crippen molar-refractivity contribution in [1.29, 1.82) is 0 Å². The number of carbonyl (C=O) groups excluding carboxylic acids is 2. The van der Waals surface area contributed by atoms with E-state index in [1.165, 1.54) is 0 Å². The van der Waals surface area contributed by atoms with Gasteiger partial charge in [0.05, 0.1) is 8.86 Å². The van der Waals surface area contributed by atoms with E-state index in [0.717, 1.165) is 0 Å². The normalized spacial score (nSPS) is 10.9. The summed E-state index contributed by atoms with van der Waals surface area (Å²) in [6.45, 7) is 3.51. The van der Waals surface area contributed by atoms with Crippen molar-refractivity contribution in [2.24, 2.45) is 0 Å². The summed E-state index contributed by atoms with van der Waals surface area (Å²) in [4.78, 5) is 21.8. The Kier molecular flexibility index (Phi) is 7.00. The molecule has 0 fully saturated rings. The summed E-state index contributed by atoms with van der Waals surface area (Å²) in [5.74, 6) is -0.606. The minimum absolute atomic E-state index is 0.0945. The average Bonchev–Trinajstić information content (AvgIpc) is 2.13. The Hall–Kier alpha value is 0.400. The van der Waals surface area contributed by atoms with Crippen LogP contribution in [0.1, 0.15) is 13.8 Å². The van der Waals surface area contributed by atoms with Crippen LogP contribution < -0.4 is 0 Å². The molecule has 0 saturated heterocycles. The second-order valence-corrected chi connectivity index (χ2v) is 4.69. The Balaban J connectivity index is 3.94. The molecule has 0 aliphatic heterocycles. The van der Waals surface area contributed by atoms with Gasteiger partial charge >= 0.3 is 11.9 Å². The lowest BCUT2D eigenvalue weighted by atomic mass is 10.1. The van der Waals surface area contributed by atoms with E-state index in [0.29, 0.717) is 8.86 Å². The highest BCUT2D eigenvalue weighted by Crippen LogP contribution is 2.11. The van der Waals surface area contributed by atoms with Gasteiger partial charge in [0.1, 0.15) is 12.2 Å². The summed E-state index contributed by atoms with van der Waals surface area (Å²) < 4.78 is 10.5. The summed E-state index contributed by atoms with van der Waals surface area (Å²) in [6, 6.07) is 0. The molecule has 0 rings (SSSR count). The first-order chi connectivity index (χ1) is 6.41. The number of halogens is 2. The fourth-order valence-electron chi connectivity index (χ4n) is 0.658. The molecule has 0 radical (unpaired) electrons. The summed E-state index contributed by atoms with van der Waals surface area (Å²) in [6.07, 6.45) is 0. The molecule has 0 N–H and O–H groups in total. The van der Waals surface area contributed by atoms with Crippen LogP contribution in [0.15, 0.2) is 0 Å². The summed E-state index contributed by atoms with van der Waals surface area (Å²) in [7, 11) is 0. The van der Waals surface area contributed by atoms with E-state index in [9.17, 15) is 9.59 Å². The molecule has 0 aromatic rings. The number of ether oxygens (including phenoxy) is 2. The molecule has 82 valence electrons. The number of alkyl halides is 2. The second-order valence-electron chi connectivity index (χ2n) is 3.16. The van der Waals surface area contributed by atoms with Crippen LogP contribution in [0.5, 0.6) is 0 Å². The first-order valence-corrected chi connectivity index (χ1v) is 6.96. The fraction of sp³-hybridized carbons (Fsp3) is 0.750. The van der Waals surface area contributed by atoms with E-state index in [2.05, 4.69) is 0 Å². The van der Waals surface area contributed by atoms with Gasteiger partial charge in [0.15, 0.2) is 0 Å². The van der Waals surface area contributed by atoms with Crippen LogP contribution in [-0.4, -0.2) is 33.0 Å². The molecule has 0 spiro atoms. The molecule has 0 aromatic heterocycles. The summed E-state index contributed by atoms with van der Waals surface area (Å²) in [5, 5.41) is 0. The predicted molar refractivity (Wildman–Crippen MR) is 68.9 cm³/mol. The third-order valence-corrected chi connectivity index (χ3v) is 2.43. The topological polar surface area (TPSA) is 52.6 Å². The largest absolute Gasteiger partial charge is 0.461 e. The zero-order valence-corrected chi connectivity index (χ0v) is 12.3. The number of carbonyl (C=O) groups is 2. The highest BCUT2D eigenvalue weighted by molar-refractivity contribution is 14.1. The average molecular weight is 426 g/mol. The maximum atomic E-state index is 11.0. The van der Waals surface area contributed by atoms with Crippen molar-refractivity contribution in [2.75, 3.05) is 15.5 Å². The predicted octanol–water partition coefficient (Wildman–Crippen LogP) is 1.72. The second kappa shape index (κ2) is 6.81. The highest BCUT2D eigenvalue weighted by atomic mass is 127. The van der Waals surface area contributed by atoms with Crippen molar-refractivity contribution in [3.8, 4) is 0 Å². The number of hydrogen-bond donors (Lipinski definition) is 0.